The highest BCUT2D eigenvalue weighted by Crippen LogP contribution is 2.32. The van der Waals surface area contributed by atoms with Crippen molar-refractivity contribution in [3.05, 3.63) is 39.0 Å². The second-order valence-corrected chi connectivity index (χ2v) is 4.25. The molecule has 0 aliphatic carbocycles. The van der Waals surface area contributed by atoms with Crippen LogP contribution in [-0.2, 0) is 11.2 Å². The molecule has 6 nitrogen and oxygen atoms in total. The average Bonchev–Trinajstić information content (AvgIpc) is 2.67. The molecule has 0 aliphatic rings. The summed E-state index contributed by atoms with van der Waals surface area (Å²) in [6.45, 7) is 0. The predicted molar refractivity (Wildman–Crippen MR) is 65.9 cm³/mol. The van der Waals surface area contributed by atoms with Crippen molar-refractivity contribution < 1.29 is 14.8 Å². The number of aryl methyl sites for hydroxylation is 1. The largest absolute Gasteiger partial charge is 0.481 e. The maximum Gasteiger partial charge on any atom is 0.303 e. The first-order chi connectivity index (χ1) is 8.49. The third-order valence-corrected chi connectivity index (χ3v) is 2.83. The molecule has 2 rings (SSSR count). The number of hydrogen-bond acceptors (Lipinski definition) is 3. The van der Waals surface area contributed by atoms with Crippen LogP contribution < -0.4 is 0 Å². The van der Waals surface area contributed by atoms with Crippen molar-refractivity contribution in [2.75, 3.05) is 0 Å². The van der Waals surface area contributed by atoms with E-state index in [9.17, 15) is 14.9 Å². The van der Waals surface area contributed by atoms with E-state index in [1.165, 1.54) is 6.07 Å². The van der Waals surface area contributed by atoms with Crippen LogP contribution in [0.1, 0.15) is 12.0 Å². The quantitative estimate of drug-likeness (QED) is 0.658. The normalized spacial score (nSPS) is 10.7. The second-order valence-electron chi connectivity index (χ2n) is 3.81. The van der Waals surface area contributed by atoms with Crippen molar-refractivity contribution >= 4 is 34.2 Å². The van der Waals surface area contributed by atoms with Crippen molar-refractivity contribution in [2.24, 2.45) is 0 Å². The van der Waals surface area contributed by atoms with E-state index in [0.717, 1.165) is 0 Å². The molecule has 1 aromatic heterocycles. The van der Waals surface area contributed by atoms with Crippen molar-refractivity contribution in [3.63, 3.8) is 0 Å². The lowest BCUT2D eigenvalue weighted by atomic mass is 10.1. The number of aromatic amines is 1. The van der Waals surface area contributed by atoms with Crippen LogP contribution in [0.3, 0.4) is 0 Å². The van der Waals surface area contributed by atoms with Crippen LogP contribution in [0.15, 0.2) is 18.3 Å². The number of carboxylic acids is 1. The first-order valence-corrected chi connectivity index (χ1v) is 5.52. The molecule has 0 aliphatic heterocycles. The van der Waals surface area contributed by atoms with Crippen molar-refractivity contribution in [1.82, 2.24) is 4.98 Å². The van der Waals surface area contributed by atoms with Gasteiger partial charge in [0.25, 0.3) is 5.69 Å². The summed E-state index contributed by atoms with van der Waals surface area (Å²) in [7, 11) is 0. The number of aromatic nitrogens is 1. The molecule has 0 unspecified atom stereocenters. The van der Waals surface area contributed by atoms with E-state index in [4.69, 9.17) is 16.7 Å². The fourth-order valence-electron chi connectivity index (χ4n) is 1.86. The number of nitrogens with zero attached hydrogens (tertiary/aromatic N) is 1. The Labute approximate surface area is 106 Å². The van der Waals surface area contributed by atoms with E-state index in [2.05, 4.69) is 4.98 Å². The van der Waals surface area contributed by atoms with Crippen LogP contribution in [0.25, 0.3) is 10.9 Å². The topological polar surface area (TPSA) is 96.2 Å². The molecule has 94 valence electrons. The average molecular weight is 269 g/mol. The van der Waals surface area contributed by atoms with Crippen LogP contribution in [-0.4, -0.2) is 21.0 Å². The van der Waals surface area contributed by atoms with Gasteiger partial charge in [-0.2, -0.15) is 0 Å². The molecular weight excluding hydrogens is 260 g/mol. The molecule has 0 atom stereocenters. The molecule has 2 N–H and O–H groups in total. The van der Waals surface area contributed by atoms with E-state index in [1.807, 2.05) is 0 Å². The number of fused-ring (bicyclic) bond motifs is 1. The first kappa shape index (κ1) is 12.4. The zero-order valence-corrected chi connectivity index (χ0v) is 9.90. The molecule has 0 saturated carbocycles. The maximum absolute atomic E-state index is 11.0. The molecule has 0 fully saturated rings. The van der Waals surface area contributed by atoms with Crippen LogP contribution >= 0.6 is 11.6 Å². The predicted octanol–water partition coefficient (Wildman–Crippen LogP) is 2.75. The Morgan fingerprint density at radius 1 is 1.50 bits per heavy atom. The van der Waals surface area contributed by atoms with E-state index in [1.54, 1.807) is 12.3 Å². The Morgan fingerprint density at radius 2 is 2.22 bits per heavy atom. The summed E-state index contributed by atoms with van der Waals surface area (Å²) in [5, 5.41) is 20.3. The SMILES string of the molecule is O=C(O)CCc1c[nH]c2cc(Cl)cc([N+](=O)[O-])c12. The van der Waals surface area contributed by atoms with Crippen LogP contribution in [0.2, 0.25) is 5.02 Å². The van der Waals surface area contributed by atoms with Gasteiger partial charge in [0.15, 0.2) is 0 Å². The van der Waals surface area contributed by atoms with Gasteiger partial charge >= 0.3 is 5.97 Å². The molecule has 2 aromatic rings. The lowest BCUT2D eigenvalue weighted by Crippen LogP contribution is -1.97. The number of aliphatic carboxylic acids is 1. The number of carboxylic acid groups (broad SMARTS) is 1. The summed E-state index contributed by atoms with van der Waals surface area (Å²) in [6, 6.07) is 2.84. The number of carbonyl (C=O) groups is 1. The van der Waals surface area contributed by atoms with Crippen LogP contribution in [0.4, 0.5) is 5.69 Å². The molecule has 0 saturated heterocycles. The number of halogens is 1. The Morgan fingerprint density at radius 3 is 2.83 bits per heavy atom. The van der Waals surface area contributed by atoms with E-state index >= 15 is 0 Å². The number of nitro benzene ring substituents is 1. The van der Waals surface area contributed by atoms with Gasteiger partial charge in [0.05, 0.1) is 15.8 Å². The third-order valence-electron chi connectivity index (χ3n) is 2.61. The molecule has 0 bridgehead atoms. The van der Waals surface area contributed by atoms with Gasteiger partial charge in [0.1, 0.15) is 0 Å². The smallest absolute Gasteiger partial charge is 0.303 e. The molecular formula is C11H9ClN2O4. The van der Waals surface area contributed by atoms with Gasteiger partial charge in [-0.3, -0.25) is 14.9 Å². The summed E-state index contributed by atoms with van der Waals surface area (Å²) in [5.74, 6) is -0.944. The highest BCUT2D eigenvalue weighted by Gasteiger charge is 2.18. The summed E-state index contributed by atoms with van der Waals surface area (Å²) in [6.07, 6.45) is 1.74. The fourth-order valence-corrected chi connectivity index (χ4v) is 2.08. The minimum atomic E-state index is -0.944. The standard InChI is InChI=1S/C11H9ClN2O4/c12-7-3-8-11(9(4-7)14(17)18)6(5-13-8)1-2-10(15)16/h3-5,13H,1-2H2,(H,15,16). The fraction of sp³-hybridized carbons (Fsp3) is 0.182. The number of nitro groups is 1. The van der Waals surface area contributed by atoms with Gasteiger partial charge in [0.2, 0.25) is 0 Å². The zero-order chi connectivity index (χ0) is 13.3. The number of non-ortho nitro benzene ring substituents is 1. The van der Waals surface area contributed by atoms with Gasteiger partial charge in [-0.15, -0.1) is 0 Å². The number of nitrogens with one attached hydrogen (secondary N) is 1. The van der Waals surface area contributed by atoms with Gasteiger partial charge in [-0.05, 0) is 18.1 Å². The van der Waals surface area contributed by atoms with Gasteiger partial charge in [0, 0.05) is 23.7 Å². The number of hydrogen-bond donors (Lipinski definition) is 2. The van der Waals surface area contributed by atoms with Gasteiger partial charge < -0.3 is 10.1 Å². The summed E-state index contributed by atoms with van der Waals surface area (Å²) in [4.78, 5) is 23.9. The summed E-state index contributed by atoms with van der Waals surface area (Å²) in [5.41, 5.74) is 1.03. The zero-order valence-electron chi connectivity index (χ0n) is 9.14. The number of H-pyrrole nitrogens is 1. The van der Waals surface area contributed by atoms with Crippen molar-refractivity contribution in [1.29, 1.82) is 0 Å². The Kier molecular flexibility index (Phi) is 3.20. The number of rotatable bonds is 4. The van der Waals surface area contributed by atoms with Crippen LogP contribution in [0, 0.1) is 10.1 Å². The lowest BCUT2D eigenvalue weighted by molar-refractivity contribution is -0.383. The first-order valence-electron chi connectivity index (χ1n) is 5.14. The highest BCUT2D eigenvalue weighted by molar-refractivity contribution is 6.31. The maximum atomic E-state index is 11.0. The summed E-state index contributed by atoms with van der Waals surface area (Å²) < 4.78 is 0. The Bertz CT molecular complexity index is 635. The Balaban J connectivity index is 2.55. The van der Waals surface area contributed by atoms with E-state index < -0.39 is 10.9 Å². The lowest BCUT2D eigenvalue weighted by Gasteiger charge is -1.99. The van der Waals surface area contributed by atoms with E-state index in [0.29, 0.717) is 16.5 Å². The van der Waals surface area contributed by atoms with Crippen molar-refractivity contribution in [3.8, 4) is 0 Å². The van der Waals surface area contributed by atoms with Crippen LogP contribution in [0.5, 0.6) is 0 Å². The minimum Gasteiger partial charge on any atom is -0.481 e. The molecule has 1 aromatic carbocycles. The molecule has 1 heterocycles. The molecule has 0 radical (unpaired) electrons. The van der Waals surface area contributed by atoms with Gasteiger partial charge in [-0.1, -0.05) is 11.6 Å². The van der Waals surface area contributed by atoms with Gasteiger partial charge in [-0.25, -0.2) is 0 Å². The van der Waals surface area contributed by atoms with E-state index in [-0.39, 0.29) is 23.6 Å². The Hall–Kier alpha value is -2.08. The second kappa shape index (κ2) is 4.66. The highest BCUT2D eigenvalue weighted by atomic mass is 35.5. The molecule has 18 heavy (non-hydrogen) atoms. The summed E-state index contributed by atoms with van der Waals surface area (Å²) >= 11 is 5.79. The minimum absolute atomic E-state index is 0.0767. The molecule has 7 heteroatoms. The monoisotopic (exact) mass is 268 g/mol. The molecule has 0 spiro atoms. The molecule has 0 amide bonds. The van der Waals surface area contributed by atoms with Crippen molar-refractivity contribution in [2.45, 2.75) is 12.8 Å². The third kappa shape index (κ3) is 2.28. The number of benzene rings is 1.